The fourth-order valence-corrected chi connectivity index (χ4v) is 3.49. The molecular weight excluding hydrogens is 370 g/mol. The Morgan fingerprint density at radius 1 is 1.17 bits per heavy atom. The maximum Gasteiger partial charge on any atom is 0.319 e. The number of hydrogen-bond acceptors (Lipinski definition) is 4. The van der Waals surface area contributed by atoms with Crippen molar-refractivity contribution in [3.05, 3.63) is 54.1 Å². The number of nitrogens with one attached hydrogen (secondary N) is 2. The lowest BCUT2D eigenvalue weighted by Crippen LogP contribution is -2.55. The van der Waals surface area contributed by atoms with Crippen molar-refractivity contribution in [2.24, 2.45) is 0 Å². The highest BCUT2D eigenvalue weighted by atomic mass is 16.5. The molecule has 0 atom stereocenters. The van der Waals surface area contributed by atoms with Gasteiger partial charge < -0.3 is 20.5 Å². The van der Waals surface area contributed by atoms with E-state index in [2.05, 4.69) is 10.6 Å². The quantitative estimate of drug-likeness (QED) is 0.629. The van der Waals surface area contributed by atoms with Crippen LogP contribution in [0.5, 0.6) is 11.5 Å². The zero-order chi connectivity index (χ0) is 20.8. The van der Waals surface area contributed by atoms with E-state index >= 15 is 0 Å². The minimum absolute atomic E-state index is 0.0315. The standard InChI is InChI=1S/C22H27N3O4/c1-3-25(14-21(26)27)17-12-16(13-17)23-22(28)24-19-9-4-5-10-20(19)29-18-8-6-7-15(2)11-18/h4-11,16-17H,3,12-14H2,1-2H3,(H,26,27)(H2,23,24,28). The zero-order valence-corrected chi connectivity index (χ0v) is 16.7. The molecule has 0 saturated heterocycles. The SMILES string of the molecule is CCN(CC(=O)O)C1CC(NC(=O)Nc2ccccc2Oc2cccc(C)c2)C1. The van der Waals surface area contributed by atoms with E-state index in [4.69, 9.17) is 9.84 Å². The second-order valence-corrected chi connectivity index (χ2v) is 7.29. The molecule has 29 heavy (non-hydrogen) atoms. The Hall–Kier alpha value is -3.06. The van der Waals surface area contributed by atoms with Gasteiger partial charge in [-0.3, -0.25) is 9.69 Å². The van der Waals surface area contributed by atoms with Crippen molar-refractivity contribution in [1.82, 2.24) is 10.2 Å². The average molecular weight is 397 g/mol. The largest absolute Gasteiger partial charge is 0.480 e. The summed E-state index contributed by atoms with van der Waals surface area (Å²) in [5, 5.41) is 14.8. The molecule has 0 radical (unpaired) electrons. The smallest absolute Gasteiger partial charge is 0.319 e. The average Bonchev–Trinajstić information content (AvgIpc) is 2.64. The Labute approximate surface area is 170 Å². The Bertz CT molecular complexity index is 865. The fourth-order valence-electron chi connectivity index (χ4n) is 3.49. The molecular formula is C22H27N3O4. The second kappa shape index (κ2) is 9.43. The summed E-state index contributed by atoms with van der Waals surface area (Å²) in [4.78, 5) is 25.3. The molecule has 7 nitrogen and oxygen atoms in total. The van der Waals surface area contributed by atoms with Gasteiger partial charge in [-0.1, -0.05) is 31.2 Å². The van der Waals surface area contributed by atoms with Gasteiger partial charge in [-0.05, 0) is 56.1 Å². The predicted octanol–water partition coefficient (Wildman–Crippen LogP) is 3.85. The molecule has 2 aromatic rings. The van der Waals surface area contributed by atoms with E-state index in [0.29, 0.717) is 23.7 Å². The summed E-state index contributed by atoms with van der Waals surface area (Å²) in [5.74, 6) is 0.448. The number of carboxylic acids is 1. The summed E-state index contributed by atoms with van der Waals surface area (Å²) in [6.45, 7) is 4.65. The summed E-state index contributed by atoms with van der Waals surface area (Å²) in [7, 11) is 0. The number of likely N-dealkylation sites (N-methyl/N-ethyl adjacent to an activating group) is 1. The molecule has 3 N–H and O–H groups in total. The van der Waals surface area contributed by atoms with Gasteiger partial charge in [-0.15, -0.1) is 0 Å². The number of carbonyl (C=O) groups excluding carboxylic acids is 1. The number of aryl methyl sites for hydroxylation is 1. The Morgan fingerprint density at radius 2 is 1.93 bits per heavy atom. The van der Waals surface area contributed by atoms with Gasteiger partial charge in [0.15, 0.2) is 5.75 Å². The third-order valence-corrected chi connectivity index (χ3v) is 5.06. The van der Waals surface area contributed by atoms with Crippen molar-refractivity contribution in [3.8, 4) is 11.5 Å². The van der Waals surface area contributed by atoms with Crippen molar-refractivity contribution in [3.63, 3.8) is 0 Å². The molecule has 0 aliphatic heterocycles. The number of amides is 2. The van der Waals surface area contributed by atoms with Crippen LogP contribution >= 0.6 is 0 Å². The number of carboxylic acid groups (broad SMARTS) is 1. The number of aliphatic carboxylic acids is 1. The van der Waals surface area contributed by atoms with Crippen molar-refractivity contribution < 1.29 is 19.4 Å². The number of para-hydroxylation sites is 2. The van der Waals surface area contributed by atoms with Gasteiger partial charge in [0, 0.05) is 12.1 Å². The summed E-state index contributed by atoms with van der Waals surface area (Å²) >= 11 is 0. The van der Waals surface area contributed by atoms with Crippen molar-refractivity contribution in [2.45, 2.75) is 38.8 Å². The molecule has 0 unspecified atom stereocenters. The van der Waals surface area contributed by atoms with Gasteiger partial charge in [0.05, 0.1) is 12.2 Å². The first-order chi connectivity index (χ1) is 13.9. The molecule has 2 amide bonds. The van der Waals surface area contributed by atoms with Gasteiger partial charge in [0.25, 0.3) is 0 Å². The topological polar surface area (TPSA) is 90.9 Å². The van der Waals surface area contributed by atoms with Gasteiger partial charge >= 0.3 is 12.0 Å². The first-order valence-electron chi connectivity index (χ1n) is 9.81. The second-order valence-electron chi connectivity index (χ2n) is 7.29. The van der Waals surface area contributed by atoms with Gasteiger partial charge in [0.1, 0.15) is 5.75 Å². The summed E-state index contributed by atoms with van der Waals surface area (Å²) in [6, 6.07) is 14.9. The predicted molar refractivity (Wildman–Crippen MR) is 112 cm³/mol. The monoisotopic (exact) mass is 397 g/mol. The number of nitrogens with zero attached hydrogens (tertiary/aromatic N) is 1. The normalized spacial score (nSPS) is 18.0. The number of benzene rings is 2. The molecule has 154 valence electrons. The van der Waals surface area contributed by atoms with Crippen LogP contribution in [-0.2, 0) is 4.79 Å². The molecule has 1 saturated carbocycles. The third kappa shape index (κ3) is 5.71. The lowest BCUT2D eigenvalue weighted by atomic mass is 9.85. The van der Waals surface area contributed by atoms with Crippen LogP contribution in [0.2, 0.25) is 0 Å². The molecule has 0 heterocycles. The number of ether oxygens (including phenoxy) is 1. The Kier molecular flexibility index (Phi) is 6.72. The van der Waals surface area contributed by atoms with Gasteiger partial charge in [-0.25, -0.2) is 4.79 Å². The number of rotatable bonds is 8. The molecule has 1 aliphatic carbocycles. The van der Waals surface area contributed by atoms with E-state index in [0.717, 1.165) is 18.4 Å². The number of urea groups is 1. The van der Waals surface area contributed by atoms with Gasteiger partial charge in [0.2, 0.25) is 0 Å². The van der Waals surface area contributed by atoms with Crippen molar-refractivity contribution in [1.29, 1.82) is 0 Å². The Balaban J connectivity index is 1.53. The molecule has 1 fully saturated rings. The fraction of sp³-hybridized carbons (Fsp3) is 0.364. The lowest BCUT2D eigenvalue weighted by Gasteiger charge is -2.42. The first-order valence-corrected chi connectivity index (χ1v) is 9.81. The molecule has 2 aromatic carbocycles. The van der Waals surface area contributed by atoms with Crippen molar-refractivity contribution >= 4 is 17.7 Å². The maximum absolute atomic E-state index is 12.4. The number of carbonyl (C=O) groups is 2. The molecule has 0 bridgehead atoms. The number of anilines is 1. The maximum atomic E-state index is 12.4. The van der Waals surface area contributed by atoms with Crippen LogP contribution in [0.1, 0.15) is 25.3 Å². The summed E-state index contributed by atoms with van der Waals surface area (Å²) in [5.41, 5.74) is 1.68. The van der Waals surface area contributed by atoms with Gasteiger partial charge in [-0.2, -0.15) is 0 Å². The van der Waals surface area contributed by atoms with E-state index in [9.17, 15) is 9.59 Å². The third-order valence-electron chi connectivity index (χ3n) is 5.06. The highest BCUT2D eigenvalue weighted by Crippen LogP contribution is 2.30. The highest BCUT2D eigenvalue weighted by Gasteiger charge is 2.34. The first kappa shape index (κ1) is 20.7. The lowest BCUT2D eigenvalue weighted by molar-refractivity contribution is -0.139. The minimum atomic E-state index is -0.828. The molecule has 7 heteroatoms. The number of hydrogen-bond donors (Lipinski definition) is 3. The highest BCUT2D eigenvalue weighted by molar-refractivity contribution is 5.91. The van der Waals surface area contributed by atoms with E-state index in [1.165, 1.54) is 0 Å². The van der Waals surface area contributed by atoms with Crippen LogP contribution in [0.3, 0.4) is 0 Å². The van der Waals surface area contributed by atoms with Crippen molar-refractivity contribution in [2.75, 3.05) is 18.4 Å². The van der Waals surface area contributed by atoms with E-state index in [-0.39, 0.29) is 24.7 Å². The minimum Gasteiger partial charge on any atom is -0.480 e. The van der Waals surface area contributed by atoms with E-state index in [1.807, 2.05) is 61.2 Å². The van der Waals surface area contributed by atoms with Crippen LogP contribution in [0.4, 0.5) is 10.5 Å². The molecule has 1 aliphatic rings. The van der Waals surface area contributed by atoms with E-state index in [1.54, 1.807) is 6.07 Å². The molecule has 0 spiro atoms. The van der Waals surface area contributed by atoms with Crippen LogP contribution in [0.25, 0.3) is 0 Å². The molecule has 3 rings (SSSR count). The summed E-state index contributed by atoms with van der Waals surface area (Å²) < 4.78 is 5.93. The van der Waals surface area contributed by atoms with Crippen LogP contribution < -0.4 is 15.4 Å². The van der Waals surface area contributed by atoms with Crippen LogP contribution in [0.15, 0.2) is 48.5 Å². The zero-order valence-electron chi connectivity index (χ0n) is 16.7. The van der Waals surface area contributed by atoms with E-state index < -0.39 is 5.97 Å². The molecule has 0 aromatic heterocycles. The van der Waals surface area contributed by atoms with Crippen LogP contribution in [0, 0.1) is 6.92 Å². The summed E-state index contributed by atoms with van der Waals surface area (Å²) in [6.07, 6.45) is 1.49. The Morgan fingerprint density at radius 3 is 2.62 bits per heavy atom. The van der Waals surface area contributed by atoms with Crippen LogP contribution in [-0.4, -0.2) is 47.2 Å².